The van der Waals surface area contributed by atoms with Gasteiger partial charge in [0.05, 0.1) is 12.7 Å². The molecule has 7 heteroatoms. The average molecular weight is 369 g/mol. The lowest BCUT2D eigenvalue weighted by atomic mass is 10.1. The molecule has 3 N–H and O–H groups in total. The van der Waals surface area contributed by atoms with Crippen molar-refractivity contribution in [3.63, 3.8) is 0 Å². The summed E-state index contributed by atoms with van der Waals surface area (Å²) in [5.74, 6) is 1.44. The van der Waals surface area contributed by atoms with Gasteiger partial charge in [0.25, 0.3) is 5.91 Å². The molecule has 0 atom stereocenters. The highest BCUT2D eigenvalue weighted by Gasteiger charge is 2.05. The van der Waals surface area contributed by atoms with Crippen LogP contribution in [0.4, 0.5) is 0 Å². The molecule has 0 saturated heterocycles. The zero-order valence-corrected chi connectivity index (χ0v) is 16.1. The number of aryl methyl sites for hydroxylation is 1. The first-order chi connectivity index (χ1) is 13.1. The summed E-state index contributed by atoms with van der Waals surface area (Å²) in [4.78, 5) is 20.1. The normalized spacial score (nSPS) is 11.0. The van der Waals surface area contributed by atoms with Gasteiger partial charge in [0.2, 0.25) is 0 Å². The zero-order chi connectivity index (χ0) is 19.5. The third-order valence-corrected chi connectivity index (χ3v) is 3.97. The van der Waals surface area contributed by atoms with Crippen molar-refractivity contribution >= 4 is 11.9 Å². The number of nitrogens with one attached hydrogen (secondary N) is 3. The van der Waals surface area contributed by atoms with Crippen LogP contribution in [0.3, 0.4) is 0 Å². The number of rotatable bonds is 8. The van der Waals surface area contributed by atoms with E-state index in [-0.39, 0.29) is 5.91 Å². The summed E-state index contributed by atoms with van der Waals surface area (Å²) in [5, 5.41) is 9.29. The molecule has 7 nitrogen and oxygen atoms in total. The molecule has 27 heavy (non-hydrogen) atoms. The number of hydrogen-bond acceptors (Lipinski definition) is 4. The number of guanidine groups is 1. The smallest absolute Gasteiger partial charge is 0.252 e. The molecule has 144 valence electrons. The Morgan fingerprint density at radius 2 is 1.93 bits per heavy atom. The lowest BCUT2D eigenvalue weighted by Gasteiger charge is -2.14. The molecule has 0 fully saturated rings. The highest BCUT2D eigenvalue weighted by molar-refractivity contribution is 5.93. The molecule has 0 aliphatic heterocycles. The number of ether oxygens (including phenoxy) is 1. The monoisotopic (exact) mass is 369 g/mol. The molecule has 1 heterocycles. The van der Waals surface area contributed by atoms with Gasteiger partial charge in [0.1, 0.15) is 5.75 Å². The quantitative estimate of drug-likeness (QED) is 0.373. The molecule has 0 radical (unpaired) electrons. The Hall–Kier alpha value is -3.09. The fourth-order valence-electron chi connectivity index (χ4n) is 2.59. The second-order valence-electron chi connectivity index (χ2n) is 5.99. The van der Waals surface area contributed by atoms with Gasteiger partial charge in [-0.2, -0.15) is 0 Å². The first kappa shape index (κ1) is 20.2. The van der Waals surface area contributed by atoms with E-state index in [0.717, 1.165) is 24.3 Å². The Bertz CT molecular complexity index is 762. The van der Waals surface area contributed by atoms with Gasteiger partial charge in [0.15, 0.2) is 5.96 Å². The maximum Gasteiger partial charge on any atom is 0.252 e. The minimum Gasteiger partial charge on any atom is -0.496 e. The largest absolute Gasteiger partial charge is 0.496 e. The van der Waals surface area contributed by atoms with E-state index in [1.165, 1.54) is 5.56 Å². The van der Waals surface area contributed by atoms with Crippen LogP contribution in [0.15, 0.2) is 47.7 Å². The van der Waals surface area contributed by atoms with Crippen molar-refractivity contribution in [1.82, 2.24) is 20.9 Å². The number of methoxy groups -OCH3 is 1. The molecule has 0 saturated carbocycles. The third kappa shape index (κ3) is 6.62. The summed E-state index contributed by atoms with van der Waals surface area (Å²) in [7, 11) is 3.40. The summed E-state index contributed by atoms with van der Waals surface area (Å²) < 4.78 is 5.40. The Labute approximate surface area is 160 Å². The molecule has 1 aromatic heterocycles. The highest BCUT2D eigenvalue weighted by Crippen LogP contribution is 2.19. The summed E-state index contributed by atoms with van der Waals surface area (Å²) in [6, 6.07) is 9.63. The number of carbonyl (C=O) groups excluding carboxylic acids is 1. The van der Waals surface area contributed by atoms with Crippen LogP contribution in [0.1, 0.15) is 21.5 Å². The van der Waals surface area contributed by atoms with E-state index in [9.17, 15) is 4.79 Å². The van der Waals surface area contributed by atoms with E-state index < -0.39 is 0 Å². The number of aliphatic imine (C=N–C) groups is 1. The van der Waals surface area contributed by atoms with Crippen LogP contribution < -0.4 is 20.7 Å². The number of amides is 1. The molecule has 0 unspecified atom stereocenters. The lowest BCUT2D eigenvalue weighted by molar-refractivity contribution is 0.0954. The van der Waals surface area contributed by atoms with Gasteiger partial charge in [-0.25, -0.2) is 0 Å². The number of aromatic nitrogens is 1. The second-order valence-corrected chi connectivity index (χ2v) is 5.99. The fourth-order valence-corrected chi connectivity index (χ4v) is 2.59. The Balaban J connectivity index is 1.70. The average Bonchev–Trinajstić information content (AvgIpc) is 2.70. The molecule has 1 amide bonds. The molecule has 0 bridgehead atoms. The molecule has 2 rings (SSSR count). The Kier molecular flexibility index (Phi) is 8.09. The molecule has 1 aromatic carbocycles. The standard InChI is InChI=1S/C20H27N5O2/c1-15-6-7-18(27-3)16(13-15)8-10-24-20(21-2)25-12-11-23-19(26)17-5-4-9-22-14-17/h4-7,9,13-14H,8,10-12H2,1-3H3,(H,23,26)(H2,21,24,25). The summed E-state index contributed by atoms with van der Waals surface area (Å²) in [6.45, 7) is 3.84. The molecular weight excluding hydrogens is 342 g/mol. The fraction of sp³-hybridized carbons (Fsp3) is 0.350. The molecule has 0 spiro atoms. The van der Waals surface area contributed by atoms with Crippen molar-refractivity contribution in [2.45, 2.75) is 13.3 Å². The topological polar surface area (TPSA) is 87.6 Å². The van der Waals surface area contributed by atoms with E-state index in [2.05, 4.69) is 38.9 Å². The van der Waals surface area contributed by atoms with E-state index in [1.54, 1.807) is 38.7 Å². The van der Waals surface area contributed by atoms with Crippen molar-refractivity contribution < 1.29 is 9.53 Å². The lowest BCUT2D eigenvalue weighted by Crippen LogP contribution is -2.42. The van der Waals surface area contributed by atoms with Crippen molar-refractivity contribution in [3.05, 3.63) is 59.4 Å². The predicted octanol–water partition coefficient (Wildman–Crippen LogP) is 1.54. The third-order valence-electron chi connectivity index (χ3n) is 3.97. The number of nitrogens with zero attached hydrogens (tertiary/aromatic N) is 2. The maximum atomic E-state index is 11.9. The van der Waals surface area contributed by atoms with Crippen molar-refractivity contribution in [3.8, 4) is 5.75 Å². The van der Waals surface area contributed by atoms with E-state index in [4.69, 9.17) is 4.74 Å². The molecular formula is C20H27N5O2. The van der Waals surface area contributed by atoms with E-state index in [0.29, 0.717) is 24.6 Å². The highest BCUT2D eigenvalue weighted by atomic mass is 16.5. The molecule has 0 aliphatic carbocycles. The van der Waals surface area contributed by atoms with Crippen LogP contribution in [0.25, 0.3) is 0 Å². The summed E-state index contributed by atoms with van der Waals surface area (Å²) in [5.41, 5.74) is 2.91. The number of hydrogen-bond donors (Lipinski definition) is 3. The molecule has 0 aliphatic rings. The van der Waals surface area contributed by atoms with Gasteiger partial charge in [-0.3, -0.25) is 14.8 Å². The van der Waals surface area contributed by atoms with Gasteiger partial charge < -0.3 is 20.7 Å². The number of benzene rings is 1. The van der Waals surface area contributed by atoms with Crippen LogP contribution in [0.2, 0.25) is 0 Å². The Morgan fingerprint density at radius 1 is 1.15 bits per heavy atom. The van der Waals surface area contributed by atoms with Crippen molar-refractivity contribution in [1.29, 1.82) is 0 Å². The van der Waals surface area contributed by atoms with E-state index >= 15 is 0 Å². The minimum atomic E-state index is -0.139. The van der Waals surface area contributed by atoms with Crippen LogP contribution in [0, 0.1) is 6.92 Å². The zero-order valence-electron chi connectivity index (χ0n) is 16.1. The summed E-state index contributed by atoms with van der Waals surface area (Å²) >= 11 is 0. The predicted molar refractivity (Wildman–Crippen MR) is 107 cm³/mol. The maximum absolute atomic E-state index is 11.9. The number of carbonyl (C=O) groups is 1. The van der Waals surface area contributed by atoms with Gasteiger partial charge >= 0.3 is 0 Å². The summed E-state index contributed by atoms with van der Waals surface area (Å²) in [6.07, 6.45) is 4.01. The van der Waals surface area contributed by atoms with Crippen molar-refractivity contribution in [2.75, 3.05) is 33.8 Å². The second kappa shape index (κ2) is 10.8. The van der Waals surface area contributed by atoms with Gasteiger partial charge in [-0.15, -0.1) is 0 Å². The molecule has 2 aromatic rings. The van der Waals surface area contributed by atoms with Crippen LogP contribution in [-0.4, -0.2) is 50.6 Å². The van der Waals surface area contributed by atoms with Crippen LogP contribution in [0.5, 0.6) is 5.75 Å². The minimum absolute atomic E-state index is 0.139. The van der Waals surface area contributed by atoms with Gasteiger partial charge in [-0.05, 0) is 37.1 Å². The van der Waals surface area contributed by atoms with Gasteiger partial charge in [-0.1, -0.05) is 17.7 Å². The SMILES string of the molecule is CN=C(NCCNC(=O)c1cccnc1)NCCc1cc(C)ccc1OC. The van der Waals surface area contributed by atoms with E-state index in [1.807, 2.05) is 12.1 Å². The first-order valence-corrected chi connectivity index (χ1v) is 8.90. The van der Waals surface area contributed by atoms with Crippen LogP contribution in [-0.2, 0) is 6.42 Å². The van der Waals surface area contributed by atoms with Crippen LogP contribution >= 0.6 is 0 Å². The van der Waals surface area contributed by atoms with Crippen molar-refractivity contribution in [2.24, 2.45) is 4.99 Å². The number of pyridine rings is 1. The van der Waals surface area contributed by atoms with Gasteiger partial charge in [0, 0.05) is 39.1 Å². The Morgan fingerprint density at radius 3 is 2.63 bits per heavy atom. The first-order valence-electron chi connectivity index (χ1n) is 8.90.